The van der Waals surface area contributed by atoms with Gasteiger partial charge in [-0.2, -0.15) is 0 Å². The number of carboxylic acids is 1. The normalized spacial score (nSPS) is 10.4. The third-order valence-corrected chi connectivity index (χ3v) is 2.48. The Morgan fingerprint density at radius 3 is 2.58 bits per heavy atom. The van der Waals surface area contributed by atoms with Gasteiger partial charge in [-0.15, -0.1) is 6.42 Å². The van der Waals surface area contributed by atoms with Crippen molar-refractivity contribution in [1.29, 1.82) is 0 Å². The van der Waals surface area contributed by atoms with E-state index in [0.29, 0.717) is 5.02 Å². The predicted molar refractivity (Wildman–Crippen MR) is 73.5 cm³/mol. The zero-order valence-corrected chi connectivity index (χ0v) is 11.2. The summed E-state index contributed by atoms with van der Waals surface area (Å²) in [5, 5.41) is 14.2. The Morgan fingerprint density at radius 1 is 1.42 bits per heavy atom. The summed E-state index contributed by atoms with van der Waals surface area (Å²) in [5.74, 6) is 1.23. The Kier molecular flexibility index (Phi) is 4.41. The lowest BCUT2D eigenvalue weighted by Gasteiger charge is -2.20. The van der Waals surface area contributed by atoms with Gasteiger partial charge in [0.25, 0.3) is 0 Å². The number of nitrogens with one attached hydrogen (secondary N) is 2. The highest BCUT2D eigenvalue weighted by Gasteiger charge is 2.19. The summed E-state index contributed by atoms with van der Waals surface area (Å²) in [6, 6.07) is 3.49. The molecule has 5 nitrogen and oxygen atoms in total. The standard InChI is InChI=1S/C13H13ClN2O3/c1-4-13(2,3)16-12(19)15-10-7-8(14)5-6-9(10)11(17)18/h1,5-7H,2-3H3,(H,17,18)(H2,15,16,19). The molecule has 0 spiro atoms. The van der Waals surface area contributed by atoms with Crippen LogP contribution in [0, 0.1) is 12.3 Å². The van der Waals surface area contributed by atoms with Gasteiger partial charge in [-0.1, -0.05) is 17.5 Å². The fourth-order valence-electron chi connectivity index (χ4n) is 1.28. The number of benzene rings is 1. The summed E-state index contributed by atoms with van der Waals surface area (Å²) in [4.78, 5) is 22.7. The molecular formula is C13H13ClN2O3. The molecule has 0 bridgehead atoms. The van der Waals surface area contributed by atoms with E-state index in [0.717, 1.165) is 0 Å². The minimum absolute atomic E-state index is 0.0573. The van der Waals surface area contributed by atoms with Crippen LogP contribution < -0.4 is 10.6 Å². The first kappa shape index (κ1) is 14.9. The Morgan fingerprint density at radius 2 is 2.05 bits per heavy atom. The lowest BCUT2D eigenvalue weighted by molar-refractivity contribution is 0.0698. The van der Waals surface area contributed by atoms with Gasteiger partial charge < -0.3 is 15.7 Å². The van der Waals surface area contributed by atoms with Crippen molar-refractivity contribution in [3.05, 3.63) is 28.8 Å². The molecule has 1 aromatic rings. The molecule has 0 aliphatic heterocycles. The fourth-order valence-corrected chi connectivity index (χ4v) is 1.45. The first-order chi connectivity index (χ1) is 8.75. The molecule has 6 heteroatoms. The van der Waals surface area contributed by atoms with Crippen LogP contribution in [0.5, 0.6) is 0 Å². The molecule has 0 radical (unpaired) electrons. The van der Waals surface area contributed by atoms with E-state index in [-0.39, 0.29) is 11.3 Å². The molecule has 0 saturated carbocycles. The number of carbonyl (C=O) groups is 2. The number of urea groups is 1. The summed E-state index contributed by atoms with van der Waals surface area (Å²) in [5.41, 5.74) is -0.796. The van der Waals surface area contributed by atoms with Gasteiger partial charge in [0.1, 0.15) is 0 Å². The molecule has 0 aliphatic rings. The summed E-state index contributed by atoms with van der Waals surface area (Å²) < 4.78 is 0. The molecule has 100 valence electrons. The number of amides is 2. The molecule has 3 N–H and O–H groups in total. The number of hydrogen-bond acceptors (Lipinski definition) is 2. The number of halogens is 1. The first-order valence-electron chi connectivity index (χ1n) is 5.35. The zero-order valence-electron chi connectivity index (χ0n) is 10.5. The maximum Gasteiger partial charge on any atom is 0.337 e. The zero-order chi connectivity index (χ0) is 14.6. The van der Waals surface area contributed by atoms with Crippen LogP contribution in [0.2, 0.25) is 5.02 Å². The van der Waals surface area contributed by atoms with Crippen molar-refractivity contribution in [3.63, 3.8) is 0 Å². The molecule has 1 rings (SSSR count). The van der Waals surface area contributed by atoms with Gasteiger partial charge in [-0.05, 0) is 32.0 Å². The van der Waals surface area contributed by atoms with E-state index >= 15 is 0 Å². The third-order valence-electron chi connectivity index (χ3n) is 2.25. The minimum atomic E-state index is -1.16. The highest BCUT2D eigenvalue weighted by atomic mass is 35.5. The van der Waals surface area contributed by atoms with Crippen LogP contribution in [0.4, 0.5) is 10.5 Å². The van der Waals surface area contributed by atoms with Gasteiger partial charge in [0.2, 0.25) is 0 Å². The van der Waals surface area contributed by atoms with Crippen LogP contribution in [-0.2, 0) is 0 Å². The molecule has 19 heavy (non-hydrogen) atoms. The summed E-state index contributed by atoms with van der Waals surface area (Å²) >= 11 is 5.77. The Labute approximate surface area is 116 Å². The number of terminal acetylenes is 1. The Hall–Kier alpha value is -2.19. The second kappa shape index (κ2) is 5.63. The quantitative estimate of drug-likeness (QED) is 0.745. The first-order valence-corrected chi connectivity index (χ1v) is 5.73. The molecule has 0 fully saturated rings. The molecule has 0 unspecified atom stereocenters. The number of hydrogen-bond donors (Lipinski definition) is 3. The predicted octanol–water partition coefficient (Wildman–Crippen LogP) is 2.57. The topological polar surface area (TPSA) is 78.4 Å². The summed E-state index contributed by atoms with van der Waals surface area (Å²) in [6.45, 7) is 3.28. The van der Waals surface area contributed by atoms with Crippen molar-refractivity contribution in [2.45, 2.75) is 19.4 Å². The highest BCUT2D eigenvalue weighted by molar-refractivity contribution is 6.31. The smallest absolute Gasteiger partial charge is 0.337 e. The van der Waals surface area contributed by atoms with Gasteiger partial charge >= 0.3 is 12.0 Å². The third kappa shape index (κ3) is 4.19. The maximum atomic E-state index is 11.7. The van der Waals surface area contributed by atoms with Crippen molar-refractivity contribution in [2.24, 2.45) is 0 Å². The van der Waals surface area contributed by atoms with E-state index in [2.05, 4.69) is 16.6 Å². The van der Waals surface area contributed by atoms with E-state index in [1.165, 1.54) is 18.2 Å². The van der Waals surface area contributed by atoms with E-state index in [1.54, 1.807) is 13.8 Å². The molecular weight excluding hydrogens is 268 g/mol. The SMILES string of the molecule is C#CC(C)(C)NC(=O)Nc1cc(Cl)ccc1C(=O)O. The van der Waals surface area contributed by atoms with Crippen molar-refractivity contribution in [1.82, 2.24) is 5.32 Å². The van der Waals surface area contributed by atoms with Crippen molar-refractivity contribution in [3.8, 4) is 12.3 Å². The highest BCUT2D eigenvalue weighted by Crippen LogP contribution is 2.21. The summed E-state index contributed by atoms with van der Waals surface area (Å²) in [6.07, 6.45) is 5.24. The van der Waals surface area contributed by atoms with Gasteiger partial charge in [0.05, 0.1) is 16.8 Å². The van der Waals surface area contributed by atoms with E-state index in [4.69, 9.17) is 23.1 Å². The van der Waals surface area contributed by atoms with Gasteiger partial charge in [0.15, 0.2) is 0 Å². The second-order valence-corrected chi connectivity index (χ2v) is 4.78. The Balaban J connectivity index is 2.94. The molecule has 2 amide bonds. The summed E-state index contributed by atoms with van der Waals surface area (Å²) in [7, 11) is 0. The number of aromatic carboxylic acids is 1. The van der Waals surface area contributed by atoms with Crippen LogP contribution >= 0.6 is 11.6 Å². The van der Waals surface area contributed by atoms with Crippen LogP contribution in [0.1, 0.15) is 24.2 Å². The van der Waals surface area contributed by atoms with Crippen LogP contribution in [-0.4, -0.2) is 22.6 Å². The average Bonchev–Trinajstić information content (AvgIpc) is 2.27. The number of rotatable bonds is 3. The van der Waals surface area contributed by atoms with E-state index in [9.17, 15) is 9.59 Å². The van der Waals surface area contributed by atoms with Crippen molar-refractivity contribution < 1.29 is 14.7 Å². The van der Waals surface area contributed by atoms with Gasteiger partial charge in [-0.3, -0.25) is 0 Å². The van der Waals surface area contributed by atoms with Crippen molar-refractivity contribution >= 4 is 29.3 Å². The lowest BCUT2D eigenvalue weighted by Crippen LogP contribution is -2.44. The van der Waals surface area contributed by atoms with Crippen LogP contribution in [0.3, 0.4) is 0 Å². The van der Waals surface area contributed by atoms with Gasteiger partial charge in [0, 0.05) is 5.02 Å². The van der Waals surface area contributed by atoms with Crippen molar-refractivity contribution in [2.75, 3.05) is 5.32 Å². The second-order valence-electron chi connectivity index (χ2n) is 4.34. The molecule has 0 atom stereocenters. The molecule has 1 aromatic carbocycles. The number of carbonyl (C=O) groups excluding carboxylic acids is 1. The number of anilines is 1. The average molecular weight is 281 g/mol. The lowest BCUT2D eigenvalue weighted by atomic mass is 10.1. The fraction of sp³-hybridized carbons (Fsp3) is 0.231. The Bertz CT molecular complexity index is 561. The van der Waals surface area contributed by atoms with Crippen LogP contribution in [0.25, 0.3) is 0 Å². The monoisotopic (exact) mass is 280 g/mol. The van der Waals surface area contributed by atoms with Gasteiger partial charge in [-0.25, -0.2) is 9.59 Å². The maximum absolute atomic E-state index is 11.7. The minimum Gasteiger partial charge on any atom is -0.478 e. The largest absolute Gasteiger partial charge is 0.478 e. The van der Waals surface area contributed by atoms with Crippen LogP contribution in [0.15, 0.2) is 18.2 Å². The van der Waals surface area contributed by atoms with E-state index < -0.39 is 17.5 Å². The molecule has 0 aromatic heterocycles. The van der Waals surface area contributed by atoms with E-state index in [1.807, 2.05) is 0 Å². The molecule has 0 saturated heterocycles. The number of carboxylic acid groups (broad SMARTS) is 1. The molecule has 0 aliphatic carbocycles. The molecule has 0 heterocycles.